The lowest BCUT2D eigenvalue weighted by Crippen LogP contribution is -2.55. The standard InChI is InChI=1S/C31H36N8O2/c1-20-35-31(38-41-20)28-12-11-25(18-34-28)39-15-5-8-24(19-39)36-26-9-2-3-10-27(26)37-29-17-22(13-14-33-29)21-6-4-7-23(16-21)30(32)40/h4,6-7,11-14,16-18,24,26-27,36H,2-3,5,8-10,15,19H2,1H3,(H2,32,40)(H,33,37)/t24-,26+,27+/m0/s1. The molecule has 1 aliphatic heterocycles. The number of rotatable bonds is 8. The molecule has 0 bridgehead atoms. The van der Waals surface area contributed by atoms with Crippen LogP contribution in [0, 0.1) is 6.92 Å². The summed E-state index contributed by atoms with van der Waals surface area (Å²) in [6, 6.07) is 16.5. The van der Waals surface area contributed by atoms with Gasteiger partial charge < -0.3 is 25.8 Å². The number of primary amides is 1. The Balaban J connectivity index is 1.10. The number of hydrogen-bond donors (Lipinski definition) is 3. The number of nitrogens with one attached hydrogen (secondary N) is 2. The number of nitrogens with two attached hydrogens (primary N) is 1. The second-order valence-corrected chi connectivity index (χ2v) is 11.0. The van der Waals surface area contributed by atoms with Crippen molar-refractivity contribution in [3.63, 3.8) is 0 Å². The molecule has 4 aromatic rings. The van der Waals surface area contributed by atoms with Crippen molar-refractivity contribution in [3.8, 4) is 22.6 Å². The molecule has 4 heterocycles. The summed E-state index contributed by atoms with van der Waals surface area (Å²) in [5.74, 6) is 1.47. The Hall–Kier alpha value is -4.31. The van der Waals surface area contributed by atoms with Crippen molar-refractivity contribution in [3.05, 3.63) is 72.4 Å². The number of benzene rings is 1. The first-order valence-corrected chi connectivity index (χ1v) is 14.4. The fourth-order valence-electron chi connectivity index (χ4n) is 5.99. The minimum atomic E-state index is -0.427. The van der Waals surface area contributed by atoms with E-state index >= 15 is 0 Å². The van der Waals surface area contributed by atoms with E-state index in [0.29, 0.717) is 35.1 Å². The third kappa shape index (κ3) is 6.38. The molecule has 1 saturated heterocycles. The molecule has 3 aromatic heterocycles. The topological polar surface area (TPSA) is 135 Å². The first-order chi connectivity index (χ1) is 20.0. The molecule has 0 radical (unpaired) electrons. The zero-order chi connectivity index (χ0) is 28.2. The van der Waals surface area contributed by atoms with E-state index in [1.165, 1.54) is 12.8 Å². The highest BCUT2D eigenvalue weighted by Gasteiger charge is 2.29. The quantitative estimate of drug-likeness (QED) is 0.287. The van der Waals surface area contributed by atoms with E-state index in [1.807, 2.05) is 42.7 Å². The molecule has 1 aliphatic carbocycles. The Bertz CT molecular complexity index is 1490. The van der Waals surface area contributed by atoms with Crippen molar-refractivity contribution in [2.45, 2.75) is 63.6 Å². The molecule has 1 amide bonds. The first-order valence-electron chi connectivity index (χ1n) is 14.4. The van der Waals surface area contributed by atoms with Gasteiger partial charge in [-0.1, -0.05) is 30.1 Å². The summed E-state index contributed by atoms with van der Waals surface area (Å²) in [5.41, 5.74) is 9.77. The Morgan fingerprint density at radius 2 is 1.85 bits per heavy atom. The van der Waals surface area contributed by atoms with Crippen LogP contribution in [-0.2, 0) is 0 Å². The van der Waals surface area contributed by atoms with Crippen molar-refractivity contribution >= 4 is 17.4 Å². The van der Waals surface area contributed by atoms with Crippen LogP contribution in [-0.4, -0.2) is 57.2 Å². The van der Waals surface area contributed by atoms with Gasteiger partial charge in [0.1, 0.15) is 11.5 Å². The molecule has 0 spiro atoms. The highest BCUT2D eigenvalue weighted by molar-refractivity contribution is 5.94. The minimum absolute atomic E-state index is 0.290. The maximum atomic E-state index is 11.7. The fourth-order valence-corrected chi connectivity index (χ4v) is 5.99. The summed E-state index contributed by atoms with van der Waals surface area (Å²) >= 11 is 0. The lowest BCUT2D eigenvalue weighted by Gasteiger charge is -2.40. The summed E-state index contributed by atoms with van der Waals surface area (Å²) in [5, 5.41) is 11.7. The van der Waals surface area contributed by atoms with Gasteiger partial charge in [0.2, 0.25) is 17.6 Å². The van der Waals surface area contributed by atoms with Crippen LogP contribution in [0.2, 0.25) is 0 Å². The van der Waals surface area contributed by atoms with Crippen LogP contribution in [0.15, 0.2) is 65.4 Å². The normalized spacial score (nSPS) is 21.0. The number of amides is 1. The lowest BCUT2D eigenvalue weighted by molar-refractivity contribution is 0.100. The number of hydrogen-bond acceptors (Lipinski definition) is 9. The average molecular weight is 553 g/mol. The Morgan fingerprint density at radius 1 is 1.00 bits per heavy atom. The lowest BCUT2D eigenvalue weighted by atomic mass is 9.89. The third-order valence-corrected chi connectivity index (χ3v) is 8.08. The molecule has 4 N–H and O–H groups in total. The van der Waals surface area contributed by atoms with Crippen LogP contribution < -0.4 is 21.3 Å². The van der Waals surface area contributed by atoms with E-state index in [2.05, 4.69) is 47.8 Å². The van der Waals surface area contributed by atoms with Crippen molar-refractivity contribution in [1.82, 2.24) is 25.4 Å². The van der Waals surface area contributed by atoms with E-state index in [9.17, 15) is 4.79 Å². The number of aromatic nitrogens is 4. The van der Waals surface area contributed by atoms with E-state index in [-0.39, 0.29) is 6.04 Å². The van der Waals surface area contributed by atoms with Gasteiger partial charge in [-0.25, -0.2) is 4.98 Å². The summed E-state index contributed by atoms with van der Waals surface area (Å²) in [4.78, 5) is 27.6. The Morgan fingerprint density at radius 3 is 2.63 bits per heavy atom. The monoisotopic (exact) mass is 552 g/mol. The van der Waals surface area contributed by atoms with Crippen molar-refractivity contribution in [1.29, 1.82) is 0 Å². The van der Waals surface area contributed by atoms with Crippen LogP contribution >= 0.6 is 0 Å². The summed E-state index contributed by atoms with van der Waals surface area (Å²) in [6.45, 7) is 3.73. The number of anilines is 2. The second kappa shape index (κ2) is 12.1. The zero-order valence-corrected chi connectivity index (χ0v) is 23.3. The van der Waals surface area contributed by atoms with Gasteiger partial charge in [-0.05, 0) is 73.2 Å². The maximum absolute atomic E-state index is 11.7. The molecule has 10 nitrogen and oxygen atoms in total. The van der Waals surface area contributed by atoms with Crippen molar-refractivity contribution in [2.75, 3.05) is 23.3 Å². The van der Waals surface area contributed by atoms with Gasteiger partial charge in [-0.2, -0.15) is 4.98 Å². The molecule has 10 heteroatoms. The first kappa shape index (κ1) is 26.9. The van der Waals surface area contributed by atoms with E-state index in [1.54, 1.807) is 13.0 Å². The molecule has 6 rings (SSSR count). The van der Waals surface area contributed by atoms with Gasteiger partial charge in [-0.3, -0.25) is 9.78 Å². The predicted molar refractivity (Wildman–Crippen MR) is 158 cm³/mol. The van der Waals surface area contributed by atoms with Crippen molar-refractivity contribution < 1.29 is 9.32 Å². The van der Waals surface area contributed by atoms with E-state index in [0.717, 1.165) is 61.4 Å². The van der Waals surface area contributed by atoms with Crippen LogP contribution in [0.4, 0.5) is 11.5 Å². The van der Waals surface area contributed by atoms with Crippen LogP contribution in [0.25, 0.3) is 22.6 Å². The molecule has 2 aliphatic rings. The Labute approximate surface area is 239 Å². The SMILES string of the molecule is Cc1nc(-c2ccc(N3CCC[C@H](N[C@@H]4CCCC[C@H]4Nc4cc(-c5cccc(C(N)=O)c5)ccn4)C3)cn2)no1. The molecular formula is C31H36N8O2. The highest BCUT2D eigenvalue weighted by Crippen LogP contribution is 2.27. The molecule has 212 valence electrons. The number of piperidine rings is 1. The molecular weight excluding hydrogens is 516 g/mol. The van der Waals surface area contributed by atoms with Crippen LogP contribution in [0.3, 0.4) is 0 Å². The molecule has 1 saturated carbocycles. The van der Waals surface area contributed by atoms with Gasteiger partial charge in [0.25, 0.3) is 0 Å². The second-order valence-electron chi connectivity index (χ2n) is 11.0. The number of carbonyl (C=O) groups is 1. The number of pyridine rings is 2. The smallest absolute Gasteiger partial charge is 0.248 e. The molecule has 0 unspecified atom stereocenters. The Kier molecular flexibility index (Phi) is 7.91. The molecule has 3 atom stereocenters. The minimum Gasteiger partial charge on any atom is -0.369 e. The maximum Gasteiger partial charge on any atom is 0.248 e. The zero-order valence-electron chi connectivity index (χ0n) is 23.3. The molecule has 1 aromatic carbocycles. The number of carbonyl (C=O) groups excluding carboxylic acids is 1. The fraction of sp³-hybridized carbons (Fsp3) is 0.387. The van der Waals surface area contributed by atoms with Gasteiger partial charge in [-0.15, -0.1) is 0 Å². The predicted octanol–water partition coefficient (Wildman–Crippen LogP) is 4.58. The van der Waals surface area contributed by atoms with E-state index in [4.69, 9.17) is 10.3 Å². The third-order valence-electron chi connectivity index (χ3n) is 8.08. The number of nitrogens with zero attached hydrogens (tertiary/aromatic N) is 5. The van der Waals surface area contributed by atoms with Crippen LogP contribution in [0.1, 0.15) is 54.8 Å². The van der Waals surface area contributed by atoms with E-state index < -0.39 is 5.91 Å². The summed E-state index contributed by atoms with van der Waals surface area (Å²) < 4.78 is 5.09. The summed E-state index contributed by atoms with van der Waals surface area (Å²) in [6.07, 6.45) is 10.7. The highest BCUT2D eigenvalue weighted by atomic mass is 16.5. The van der Waals surface area contributed by atoms with Gasteiger partial charge >= 0.3 is 0 Å². The summed E-state index contributed by atoms with van der Waals surface area (Å²) in [7, 11) is 0. The van der Waals surface area contributed by atoms with Gasteiger partial charge in [0.05, 0.1) is 11.9 Å². The molecule has 41 heavy (non-hydrogen) atoms. The van der Waals surface area contributed by atoms with Crippen LogP contribution in [0.5, 0.6) is 0 Å². The van der Waals surface area contributed by atoms with Crippen molar-refractivity contribution in [2.24, 2.45) is 5.73 Å². The largest absolute Gasteiger partial charge is 0.369 e. The number of aryl methyl sites for hydroxylation is 1. The molecule has 2 fully saturated rings. The van der Waals surface area contributed by atoms with Gasteiger partial charge in [0.15, 0.2) is 0 Å². The van der Waals surface area contributed by atoms with Gasteiger partial charge in [0, 0.05) is 49.9 Å². The average Bonchev–Trinajstić information content (AvgIpc) is 3.45.